The number of ether oxygens (including phenoxy) is 2. The number of carbonyl (C=O) groups is 2. The molecule has 0 radical (unpaired) electrons. The lowest BCUT2D eigenvalue weighted by Gasteiger charge is -2.22. The molecule has 0 aromatic rings. The lowest BCUT2D eigenvalue weighted by Crippen LogP contribution is -2.20. The minimum atomic E-state index is -0.448. The van der Waals surface area contributed by atoms with Crippen molar-refractivity contribution in [3.8, 4) is 0 Å². The molecule has 0 saturated carbocycles. The van der Waals surface area contributed by atoms with Crippen LogP contribution in [0.3, 0.4) is 0 Å². The van der Waals surface area contributed by atoms with Crippen LogP contribution in [0.5, 0.6) is 0 Å². The van der Waals surface area contributed by atoms with Gasteiger partial charge >= 0.3 is 11.9 Å². The lowest BCUT2D eigenvalue weighted by molar-refractivity contribution is -0.139. The van der Waals surface area contributed by atoms with Crippen LogP contribution in [-0.4, -0.2) is 26.2 Å². The van der Waals surface area contributed by atoms with E-state index in [1.54, 1.807) is 0 Å². The quantitative estimate of drug-likeness (QED) is 0.569. The van der Waals surface area contributed by atoms with Gasteiger partial charge < -0.3 is 9.47 Å². The Morgan fingerprint density at radius 1 is 0.947 bits per heavy atom. The van der Waals surface area contributed by atoms with Crippen molar-refractivity contribution in [1.29, 1.82) is 0 Å². The molecule has 0 aromatic carbocycles. The highest BCUT2D eigenvalue weighted by Crippen LogP contribution is 2.29. The fraction of sp³-hybridized carbons (Fsp3) is 0.733. The van der Waals surface area contributed by atoms with E-state index in [1.807, 2.05) is 34.6 Å². The first-order chi connectivity index (χ1) is 8.62. The second-order valence-electron chi connectivity index (χ2n) is 6.28. The number of methoxy groups -OCH3 is 2. The Morgan fingerprint density at radius 2 is 1.37 bits per heavy atom. The van der Waals surface area contributed by atoms with E-state index in [1.165, 1.54) is 14.2 Å². The molecule has 19 heavy (non-hydrogen) atoms. The van der Waals surface area contributed by atoms with Crippen LogP contribution in [0.2, 0.25) is 0 Å². The van der Waals surface area contributed by atoms with Gasteiger partial charge in [0.05, 0.1) is 14.2 Å². The maximum absolute atomic E-state index is 11.9. The third-order valence-electron chi connectivity index (χ3n) is 2.55. The van der Waals surface area contributed by atoms with Gasteiger partial charge in [0.2, 0.25) is 0 Å². The van der Waals surface area contributed by atoms with Gasteiger partial charge in [0, 0.05) is 11.1 Å². The van der Waals surface area contributed by atoms with Crippen LogP contribution in [0.4, 0.5) is 0 Å². The molecule has 4 heteroatoms. The summed E-state index contributed by atoms with van der Waals surface area (Å²) in [6.07, 6.45) is 0.990. The fourth-order valence-corrected chi connectivity index (χ4v) is 1.82. The van der Waals surface area contributed by atoms with Gasteiger partial charge in [-0.05, 0) is 24.2 Å². The second-order valence-corrected chi connectivity index (χ2v) is 6.28. The zero-order valence-corrected chi connectivity index (χ0v) is 13.1. The van der Waals surface area contributed by atoms with Crippen LogP contribution in [0.15, 0.2) is 11.1 Å². The minimum Gasteiger partial charge on any atom is -0.466 e. The van der Waals surface area contributed by atoms with Gasteiger partial charge in [0.25, 0.3) is 0 Å². The molecule has 0 aliphatic heterocycles. The van der Waals surface area contributed by atoms with E-state index in [0.717, 1.165) is 0 Å². The van der Waals surface area contributed by atoms with E-state index in [9.17, 15) is 9.59 Å². The van der Waals surface area contributed by atoms with Crippen molar-refractivity contribution in [1.82, 2.24) is 0 Å². The highest BCUT2D eigenvalue weighted by atomic mass is 16.5. The Bertz CT molecular complexity index is 359. The first-order valence-electron chi connectivity index (χ1n) is 6.51. The molecule has 0 saturated heterocycles. The number of carbonyl (C=O) groups excluding carboxylic acids is 2. The smallest absolute Gasteiger partial charge is 0.334 e. The van der Waals surface area contributed by atoms with Crippen molar-refractivity contribution in [2.45, 2.75) is 47.5 Å². The molecule has 0 spiro atoms. The predicted octanol–water partition coefficient (Wildman–Crippen LogP) is 3.11. The van der Waals surface area contributed by atoms with Crippen LogP contribution < -0.4 is 0 Å². The molecule has 0 bridgehead atoms. The molecule has 0 rings (SSSR count). The molecular weight excluding hydrogens is 244 g/mol. The number of hydrogen-bond donors (Lipinski definition) is 0. The van der Waals surface area contributed by atoms with Gasteiger partial charge in [-0.1, -0.05) is 34.6 Å². The third-order valence-corrected chi connectivity index (χ3v) is 2.55. The normalized spacial score (nSPS) is 13.1. The Kier molecular flexibility index (Phi) is 6.81. The summed E-state index contributed by atoms with van der Waals surface area (Å²) in [6, 6.07) is 0. The van der Waals surface area contributed by atoms with Gasteiger partial charge in [-0.25, -0.2) is 9.59 Å². The first kappa shape index (κ1) is 17.7. The van der Waals surface area contributed by atoms with E-state index in [0.29, 0.717) is 24.0 Å². The average Bonchev–Trinajstić information content (AvgIpc) is 2.30. The summed E-state index contributed by atoms with van der Waals surface area (Å²) >= 11 is 0. The summed E-state index contributed by atoms with van der Waals surface area (Å²) < 4.78 is 9.61. The molecular formula is C15H26O4. The largest absolute Gasteiger partial charge is 0.466 e. The van der Waals surface area contributed by atoms with Crippen LogP contribution >= 0.6 is 0 Å². The summed E-state index contributed by atoms with van der Waals surface area (Å²) in [5.74, 6) is -0.636. The Balaban J connectivity index is 5.68. The standard InChI is InChI=1S/C15H26O4/c1-10(2)8-11(13(16)18-6)12(14(17)19-7)9-15(3,4)5/h10H,8-9H2,1-7H3. The van der Waals surface area contributed by atoms with Crippen molar-refractivity contribution >= 4 is 11.9 Å². The van der Waals surface area contributed by atoms with E-state index in [4.69, 9.17) is 9.47 Å². The van der Waals surface area contributed by atoms with Crippen LogP contribution in [0.1, 0.15) is 47.5 Å². The highest BCUT2D eigenvalue weighted by molar-refractivity contribution is 6.00. The molecule has 0 amide bonds. The van der Waals surface area contributed by atoms with Crippen LogP contribution in [0.25, 0.3) is 0 Å². The topological polar surface area (TPSA) is 52.6 Å². The van der Waals surface area contributed by atoms with Crippen molar-refractivity contribution in [3.63, 3.8) is 0 Å². The van der Waals surface area contributed by atoms with Crippen molar-refractivity contribution in [3.05, 3.63) is 11.1 Å². The van der Waals surface area contributed by atoms with E-state index < -0.39 is 11.9 Å². The molecule has 0 fully saturated rings. The van der Waals surface area contributed by atoms with Crippen LogP contribution in [0, 0.1) is 11.3 Å². The van der Waals surface area contributed by atoms with E-state index in [-0.39, 0.29) is 11.3 Å². The zero-order valence-electron chi connectivity index (χ0n) is 13.1. The lowest BCUT2D eigenvalue weighted by atomic mass is 9.84. The molecule has 4 nitrogen and oxygen atoms in total. The molecule has 0 aliphatic carbocycles. The molecule has 0 aliphatic rings. The maximum Gasteiger partial charge on any atom is 0.334 e. The minimum absolute atomic E-state index is 0.111. The first-order valence-corrected chi connectivity index (χ1v) is 6.51. The summed E-state index contributed by atoms with van der Waals surface area (Å²) in [7, 11) is 2.66. The summed E-state index contributed by atoms with van der Waals surface area (Å²) in [5, 5.41) is 0. The monoisotopic (exact) mass is 270 g/mol. The predicted molar refractivity (Wildman–Crippen MR) is 74.6 cm³/mol. The van der Waals surface area contributed by atoms with Crippen LogP contribution in [-0.2, 0) is 19.1 Å². The Hall–Kier alpha value is -1.32. The number of hydrogen-bond acceptors (Lipinski definition) is 4. The maximum atomic E-state index is 11.9. The summed E-state index contributed by atoms with van der Waals surface area (Å²) in [6.45, 7) is 10.0. The second kappa shape index (κ2) is 7.31. The molecule has 0 N–H and O–H groups in total. The van der Waals surface area contributed by atoms with Gasteiger partial charge in [-0.2, -0.15) is 0 Å². The highest BCUT2D eigenvalue weighted by Gasteiger charge is 2.27. The van der Waals surface area contributed by atoms with Gasteiger partial charge in [-0.3, -0.25) is 0 Å². The SMILES string of the molecule is COC(=O)C(CC(C)C)=C(CC(C)(C)C)C(=O)OC. The zero-order chi connectivity index (χ0) is 15.2. The van der Waals surface area contributed by atoms with Crippen molar-refractivity contribution < 1.29 is 19.1 Å². The van der Waals surface area contributed by atoms with E-state index >= 15 is 0 Å². The molecule has 0 aromatic heterocycles. The van der Waals surface area contributed by atoms with Gasteiger partial charge in [-0.15, -0.1) is 0 Å². The summed E-state index contributed by atoms with van der Waals surface area (Å²) in [5.41, 5.74) is 0.745. The molecule has 0 atom stereocenters. The Morgan fingerprint density at radius 3 is 1.68 bits per heavy atom. The number of esters is 2. The number of rotatable bonds is 5. The molecule has 0 unspecified atom stereocenters. The molecule has 110 valence electrons. The van der Waals surface area contributed by atoms with E-state index in [2.05, 4.69) is 0 Å². The van der Waals surface area contributed by atoms with Crippen molar-refractivity contribution in [2.24, 2.45) is 11.3 Å². The average molecular weight is 270 g/mol. The fourth-order valence-electron chi connectivity index (χ4n) is 1.82. The molecule has 0 heterocycles. The van der Waals surface area contributed by atoms with Crippen molar-refractivity contribution in [2.75, 3.05) is 14.2 Å². The third kappa shape index (κ3) is 6.41. The Labute approximate surface area is 116 Å². The van der Waals surface area contributed by atoms with Gasteiger partial charge in [0.1, 0.15) is 0 Å². The summed E-state index contributed by atoms with van der Waals surface area (Å²) in [4.78, 5) is 23.9. The van der Waals surface area contributed by atoms with Gasteiger partial charge in [0.15, 0.2) is 0 Å².